The van der Waals surface area contributed by atoms with E-state index in [9.17, 15) is 4.79 Å². The number of carbonyl (C=O) groups is 1. The van der Waals surface area contributed by atoms with Gasteiger partial charge in [0.15, 0.2) is 0 Å². The Kier molecular flexibility index (Phi) is 8.08. The topological polar surface area (TPSA) is 59.4 Å². The zero-order chi connectivity index (χ0) is 21.5. The molecule has 0 bridgehead atoms. The maximum atomic E-state index is 12.4. The molecule has 1 saturated heterocycles. The first-order chi connectivity index (χ1) is 14.4. The van der Waals surface area contributed by atoms with Crippen molar-refractivity contribution in [2.45, 2.75) is 40.4 Å². The lowest BCUT2D eigenvalue weighted by atomic mass is 10.1. The van der Waals surface area contributed by atoms with Gasteiger partial charge in [0.2, 0.25) is 5.91 Å². The lowest BCUT2D eigenvalue weighted by molar-refractivity contribution is -0.116. The number of nitrogens with zero attached hydrogens (tertiary/aromatic N) is 3. The van der Waals surface area contributed by atoms with Crippen LogP contribution in [0, 0.1) is 12.8 Å². The lowest BCUT2D eigenvalue weighted by Crippen LogP contribution is -2.36. The van der Waals surface area contributed by atoms with Crippen LogP contribution in [-0.4, -0.2) is 46.9 Å². The van der Waals surface area contributed by atoms with E-state index in [4.69, 9.17) is 16.3 Å². The molecule has 0 spiro atoms. The van der Waals surface area contributed by atoms with Gasteiger partial charge in [0.05, 0.1) is 18.9 Å². The molecule has 30 heavy (non-hydrogen) atoms. The molecule has 162 valence electrons. The molecular weight excluding hydrogens is 400 g/mol. The number of carbonyl (C=O) groups excluding carboxylic acids is 1. The fourth-order valence-corrected chi connectivity index (χ4v) is 3.81. The van der Waals surface area contributed by atoms with E-state index in [2.05, 4.69) is 41.3 Å². The fraction of sp³-hybridized carbons (Fsp3) is 0.478. The Bertz CT molecular complexity index is 885. The van der Waals surface area contributed by atoms with Gasteiger partial charge in [-0.15, -0.1) is 0 Å². The minimum absolute atomic E-state index is 0.150. The summed E-state index contributed by atoms with van der Waals surface area (Å²) < 4.78 is 7.22. The van der Waals surface area contributed by atoms with Crippen LogP contribution in [0.15, 0.2) is 30.3 Å². The van der Waals surface area contributed by atoms with Crippen LogP contribution in [0.5, 0.6) is 0 Å². The summed E-state index contributed by atoms with van der Waals surface area (Å²) in [6.45, 7) is 11.7. The van der Waals surface area contributed by atoms with Crippen LogP contribution < -0.4 is 5.32 Å². The Balaban J connectivity index is 1.59. The number of hydrogen-bond donors (Lipinski definition) is 1. The fourth-order valence-electron chi connectivity index (χ4n) is 3.51. The highest BCUT2D eigenvalue weighted by molar-refractivity contribution is 6.31. The van der Waals surface area contributed by atoms with Crippen molar-refractivity contribution in [3.05, 3.63) is 57.9 Å². The lowest BCUT2D eigenvalue weighted by Gasteiger charge is -2.27. The van der Waals surface area contributed by atoms with Gasteiger partial charge in [-0.1, -0.05) is 49.7 Å². The van der Waals surface area contributed by atoms with Gasteiger partial charge in [0, 0.05) is 44.4 Å². The number of aryl methyl sites for hydroxylation is 1. The Morgan fingerprint density at radius 1 is 1.27 bits per heavy atom. The van der Waals surface area contributed by atoms with Crippen LogP contribution in [0.25, 0.3) is 6.08 Å². The zero-order valence-electron chi connectivity index (χ0n) is 18.0. The van der Waals surface area contributed by atoms with Gasteiger partial charge in [0.25, 0.3) is 0 Å². The molecule has 1 aromatic carbocycles. The third kappa shape index (κ3) is 6.17. The molecule has 1 N–H and O–H groups in total. The molecular formula is C23H31ClN4O2. The van der Waals surface area contributed by atoms with Gasteiger partial charge in [0.1, 0.15) is 5.15 Å². The van der Waals surface area contributed by atoms with Crippen molar-refractivity contribution in [3.8, 4) is 0 Å². The van der Waals surface area contributed by atoms with E-state index < -0.39 is 0 Å². The molecule has 0 unspecified atom stereocenters. The van der Waals surface area contributed by atoms with Gasteiger partial charge >= 0.3 is 0 Å². The van der Waals surface area contributed by atoms with E-state index in [0.717, 1.165) is 56.2 Å². The number of benzene rings is 1. The van der Waals surface area contributed by atoms with Crippen LogP contribution in [0.2, 0.25) is 5.15 Å². The summed E-state index contributed by atoms with van der Waals surface area (Å²) in [4.78, 5) is 14.8. The number of aromatic nitrogens is 2. The molecule has 1 aromatic heterocycles. The van der Waals surface area contributed by atoms with Gasteiger partial charge in [-0.05, 0) is 30.0 Å². The van der Waals surface area contributed by atoms with E-state index in [1.807, 2.05) is 19.1 Å². The van der Waals surface area contributed by atoms with E-state index >= 15 is 0 Å². The molecule has 2 heterocycles. The van der Waals surface area contributed by atoms with Crippen molar-refractivity contribution in [3.63, 3.8) is 0 Å². The van der Waals surface area contributed by atoms with Gasteiger partial charge in [-0.25, -0.2) is 0 Å². The highest BCUT2D eigenvalue weighted by atomic mass is 35.5. The van der Waals surface area contributed by atoms with E-state index in [-0.39, 0.29) is 5.91 Å². The molecule has 2 aromatic rings. The standard InChI is InChI=1S/C23H31ClN4O2/c1-17(2)15-28-23(24)21(18(3)26-28)8-9-22(29)25-14-19-6-4-5-7-20(19)16-27-10-12-30-13-11-27/h4-9,17H,10-16H2,1-3H3,(H,25,29)/b9-8+. The minimum atomic E-state index is -0.150. The number of morpholine rings is 1. The number of halogens is 1. The Hall–Kier alpha value is -2.15. The van der Waals surface area contributed by atoms with Crippen LogP contribution in [0.4, 0.5) is 0 Å². The molecule has 1 aliphatic rings. The largest absolute Gasteiger partial charge is 0.379 e. The predicted octanol–water partition coefficient (Wildman–Crippen LogP) is 3.66. The molecule has 1 amide bonds. The van der Waals surface area contributed by atoms with Crippen molar-refractivity contribution in [1.29, 1.82) is 0 Å². The van der Waals surface area contributed by atoms with Crippen LogP contribution in [0.1, 0.15) is 36.2 Å². The first kappa shape index (κ1) is 22.5. The molecule has 6 nitrogen and oxygen atoms in total. The van der Waals surface area contributed by atoms with Crippen molar-refractivity contribution in [1.82, 2.24) is 20.0 Å². The maximum Gasteiger partial charge on any atom is 0.244 e. The summed E-state index contributed by atoms with van der Waals surface area (Å²) in [5, 5.41) is 8.03. The van der Waals surface area contributed by atoms with Crippen LogP contribution >= 0.6 is 11.6 Å². The molecule has 1 fully saturated rings. The number of rotatable bonds is 8. The molecule has 0 saturated carbocycles. The highest BCUT2D eigenvalue weighted by Gasteiger charge is 2.14. The maximum absolute atomic E-state index is 12.4. The molecule has 1 aliphatic heterocycles. The molecule has 0 radical (unpaired) electrons. The van der Waals surface area contributed by atoms with E-state index in [1.54, 1.807) is 10.8 Å². The predicted molar refractivity (Wildman–Crippen MR) is 120 cm³/mol. The second-order valence-electron chi connectivity index (χ2n) is 8.07. The van der Waals surface area contributed by atoms with Crippen LogP contribution in [-0.2, 0) is 29.2 Å². The SMILES string of the molecule is Cc1nn(CC(C)C)c(Cl)c1/C=C/C(=O)NCc1ccccc1CN1CCOCC1. The molecule has 3 rings (SSSR count). The Labute approximate surface area is 183 Å². The Morgan fingerprint density at radius 3 is 2.67 bits per heavy atom. The molecule has 0 aliphatic carbocycles. The van der Waals surface area contributed by atoms with Crippen molar-refractivity contribution in [2.75, 3.05) is 26.3 Å². The van der Waals surface area contributed by atoms with E-state index in [0.29, 0.717) is 17.6 Å². The monoisotopic (exact) mass is 430 g/mol. The van der Waals surface area contributed by atoms with Gasteiger partial charge in [-0.2, -0.15) is 5.10 Å². The average Bonchev–Trinajstić information content (AvgIpc) is 2.98. The summed E-state index contributed by atoms with van der Waals surface area (Å²) in [6.07, 6.45) is 3.27. The number of nitrogens with one attached hydrogen (secondary N) is 1. The van der Waals surface area contributed by atoms with Crippen molar-refractivity contribution >= 4 is 23.6 Å². The van der Waals surface area contributed by atoms with E-state index in [1.165, 1.54) is 11.6 Å². The van der Waals surface area contributed by atoms with Gasteiger partial charge < -0.3 is 10.1 Å². The summed E-state index contributed by atoms with van der Waals surface area (Å²) in [6, 6.07) is 8.24. The summed E-state index contributed by atoms with van der Waals surface area (Å²) in [5.74, 6) is 0.294. The van der Waals surface area contributed by atoms with Crippen LogP contribution in [0.3, 0.4) is 0 Å². The van der Waals surface area contributed by atoms with Crippen molar-refractivity contribution in [2.24, 2.45) is 5.92 Å². The smallest absolute Gasteiger partial charge is 0.244 e. The third-order valence-corrected chi connectivity index (χ3v) is 5.52. The second-order valence-corrected chi connectivity index (χ2v) is 8.43. The second kappa shape index (κ2) is 10.8. The number of hydrogen-bond acceptors (Lipinski definition) is 4. The first-order valence-corrected chi connectivity index (χ1v) is 10.9. The van der Waals surface area contributed by atoms with Crippen molar-refractivity contribution < 1.29 is 9.53 Å². The molecule has 0 atom stereocenters. The minimum Gasteiger partial charge on any atom is -0.379 e. The number of ether oxygens (including phenoxy) is 1. The normalized spacial score (nSPS) is 15.2. The highest BCUT2D eigenvalue weighted by Crippen LogP contribution is 2.22. The Morgan fingerprint density at radius 2 is 1.97 bits per heavy atom. The summed E-state index contributed by atoms with van der Waals surface area (Å²) in [7, 11) is 0. The first-order valence-electron chi connectivity index (χ1n) is 10.5. The quantitative estimate of drug-likeness (QED) is 0.649. The summed E-state index contributed by atoms with van der Waals surface area (Å²) in [5.41, 5.74) is 3.97. The summed E-state index contributed by atoms with van der Waals surface area (Å²) >= 11 is 6.45. The van der Waals surface area contributed by atoms with Gasteiger partial charge in [-0.3, -0.25) is 14.4 Å². The number of amides is 1. The average molecular weight is 431 g/mol. The molecule has 7 heteroatoms. The third-order valence-electron chi connectivity index (χ3n) is 5.12. The zero-order valence-corrected chi connectivity index (χ0v) is 18.8.